The van der Waals surface area contributed by atoms with Gasteiger partial charge in [-0.1, -0.05) is 48.5 Å². The van der Waals surface area contributed by atoms with E-state index in [2.05, 4.69) is 20.6 Å². The fraction of sp³-hybridized carbons (Fsp3) is 0.138. The second kappa shape index (κ2) is 13.1. The molecule has 194 valence electrons. The SMILES string of the molecule is COCCOc1ccc(Nc2ncc(F)c(Nc3ccc(CC(=O)/C=C/c4ccccc4)cc3)n2)cc1F. The fourth-order valence-electron chi connectivity index (χ4n) is 3.43. The van der Waals surface area contributed by atoms with E-state index >= 15 is 0 Å². The van der Waals surface area contributed by atoms with Crippen LogP contribution in [-0.4, -0.2) is 36.1 Å². The van der Waals surface area contributed by atoms with Gasteiger partial charge < -0.3 is 20.1 Å². The third kappa shape index (κ3) is 7.68. The van der Waals surface area contributed by atoms with Crippen molar-refractivity contribution >= 4 is 35.0 Å². The predicted molar refractivity (Wildman–Crippen MR) is 143 cm³/mol. The predicted octanol–water partition coefficient (Wildman–Crippen LogP) is 6.09. The van der Waals surface area contributed by atoms with Crippen molar-refractivity contribution in [2.45, 2.75) is 6.42 Å². The molecule has 0 atom stereocenters. The van der Waals surface area contributed by atoms with Gasteiger partial charge in [-0.25, -0.2) is 13.8 Å². The second-order valence-corrected chi connectivity index (χ2v) is 8.21. The summed E-state index contributed by atoms with van der Waals surface area (Å²) in [6.07, 6.45) is 4.59. The smallest absolute Gasteiger partial charge is 0.229 e. The summed E-state index contributed by atoms with van der Waals surface area (Å²) in [4.78, 5) is 20.4. The van der Waals surface area contributed by atoms with Gasteiger partial charge in [-0.05, 0) is 41.5 Å². The Bertz CT molecular complexity index is 1400. The summed E-state index contributed by atoms with van der Waals surface area (Å²) in [6, 6.07) is 20.9. The standard InChI is InChI=1S/C29H26F2N4O3/c1-37-15-16-38-27-14-12-23(18-25(27)30)34-29-32-19-26(31)28(35-29)33-22-10-7-21(8-11-22)17-24(36)13-9-20-5-3-2-4-6-20/h2-14,18-19H,15-17H2,1H3,(H2,32,33,34,35)/b13-9+. The Balaban J connectivity index is 1.36. The maximum atomic E-state index is 14.4. The molecule has 1 aromatic heterocycles. The van der Waals surface area contributed by atoms with Gasteiger partial charge in [-0.3, -0.25) is 4.79 Å². The molecule has 0 fully saturated rings. The van der Waals surface area contributed by atoms with Crippen LogP contribution in [0.2, 0.25) is 0 Å². The Morgan fingerprint density at radius 2 is 1.68 bits per heavy atom. The highest BCUT2D eigenvalue weighted by atomic mass is 19.1. The highest BCUT2D eigenvalue weighted by molar-refractivity contribution is 5.95. The molecule has 0 amide bonds. The number of carbonyl (C=O) groups excluding carboxylic acids is 1. The lowest BCUT2D eigenvalue weighted by Gasteiger charge is -2.11. The summed E-state index contributed by atoms with van der Waals surface area (Å²) in [5.74, 6) is -1.15. The van der Waals surface area contributed by atoms with E-state index in [1.54, 1.807) is 42.5 Å². The lowest BCUT2D eigenvalue weighted by molar-refractivity contribution is -0.113. The van der Waals surface area contributed by atoms with Gasteiger partial charge in [0, 0.05) is 31.0 Å². The number of rotatable bonds is 12. The minimum Gasteiger partial charge on any atom is -0.488 e. The molecule has 0 saturated carbocycles. The Kier molecular flexibility index (Phi) is 9.09. The summed E-state index contributed by atoms with van der Waals surface area (Å²) in [5.41, 5.74) is 2.72. The van der Waals surface area contributed by atoms with Gasteiger partial charge in [0.15, 0.2) is 29.0 Å². The average Bonchev–Trinajstić information content (AvgIpc) is 2.92. The van der Waals surface area contributed by atoms with Crippen LogP contribution in [-0.2, 0) is 16.0 Å². The molecule has 0 aliphatic rings. The van der Waals surface area contributed by atoms with Crippen molar-refractivity contribution in [3.05, 3.63) is 108 Å². The lowest BCUT2D eigenvalue weighted by Crippen LogP contribution is -2.06. The van der Waals surface area contributed by atoms with Gasteiger partial charge in [0.05, 0.1) is 12.8 Å². The lowest BCUT2D eigenvalue weighted by atomic mass is 10.1. The topological polar surface area (TPSA) is 85.4 Å². The van der Waals surface area contributed by atoms with Crippen molar-refractivity contribution < 1.29 is 23.0 Å². The molecular weight excluding hydrogens is 490 g/mol. The number of hydrogen-bond donors (Lipinski definition) is 2. The first-order valence-corrected chi connectivity index (χ1v) is 11.8. The minimum atomic E-state index is -0.658. The highest BCUT2D eigenvalue weighted by Gasteiger charge is 2.10. The van der Waals surface area contributed by atoms with Crippen molar-refractivity contribution in [3.8, 4) is 5.75 Å². The average molecular weight is 517 g/mol. The zero-order valence-electron chi connectivity index (χ0n) is 20.7. The molecule has 0 bridgehead atoms. The molecule has 4 rings (SSSR count). The number of benzene rings is 3. The van der Waals surface area contributed by atoms with Crippen LogP contribution in [0.5, 0.6) is 5.75 Å². The number of anilines is 4. The largest absolute Gasteiger partial charge is 0.488 e. The first-order valence-electron chi connectivity index (χ1n) is 11.8. The number of carbonyl (C=O) groups is 1. The monoisotopic (exact) mass is 516 g/mol. The van der Waals surface area contributed by atoms with Crippen molar-refractivity contribution in [1.82, 2.24) is 9.97 Å². The molecule has 38 heavy (non-hydrogen) atoms. The molecule has 0 spiro atoms. The Labute approximate surface area is 219 Å². The van der Waals surface area contributed by atoms with Gasteiger partial charge >= 0.3 is 0 Å². The number of nitrogens with one attached hydrogen (secondary N) is 2. The molecule has 1 heterocycles. The molecule has 7 nitrogen and oxygen atoms in total. The first-order chi connectivity index (χ1) is 18.5. The van der Waals surface area contributed by atoms with Crippen LogP contribution in [0, 0.1) is 11.6 Å². The number of halogens is 2. The van der Waals surface area contributed by atoms with Gasteiger partial charge in [-0.15, -0.1) is 0 Å². The van der Waals surface area contributed by atoms with Crippen LogP contribution < -0.4 is 15.4 Å². The maximum Gasteiger partial charge on any atom is 0.229 e. The first kappa shape index (κ1) is 26.4. The zero-order chi connectivity index (χ0) is 26.7. The number of hydrogen-bond acceptors (Lipinski definition) is 7. The fourth-order valence-corrected chi connectivity index (χ4v) is 3.43. The van der Waals surface area contributed by atoms with E-state index < -0.39 is 11.6 Å². The molecule has 0 unspecified atom stereocenters. The zero-order valence-corrected chi connectivity index (χ0v) is 20.7. The van der Waals surface area contributed by atoms with Gasteiger partial charge in [0.2, 0.25) is 5.95 Å². The number of nitrogens with zero attached hydrogens (tertiary/aromatic N) is 2. The van der Waals surface area contributed by atoms with Crippen molar-refractivity contribution in [1.29, 1.82) is 0 Å². The van der Waals surface area contributed by atoms with E-state index in [1.807, 2.05) is 30.3 Å². The Morgan fingerprint density at radius 1 is 0.921 bits per heavy atom. The third-order valence-corrected chi connectivity index (χ3v) is 5.33. The summed E-state index contributed by atoms with van der Waals surface area (Å²) in [7, 11) is 1.53. The van der Waals surface area contributed by atoms with Crippen molar-refractivity contribution in [2.75, 3.05) is 31.0 Å². The van der Waals surface area contributed by atoms with Crippen LogP contribution >= 0.6 is 0 Å². The van der Waals surface area contributed by atoms with E-state index in [9.17, 15) is 13.6 Å². The number of aromatic nitrogens is 2. The molecule has 0 saturated heterocycles. The summed E-state index contributed by atoms with van der Waals surface area (Å²) >= 11 is 0. The molecule has 2 N–H and O–H groups in total. The quantitative estimate of drug-likeness (QED) is 0.174. The van der Waals surface area contributed by atoms with E-state index in [1.165, 1.54) is 19.2 Å². The van der Waals surface area contributed by atoms with Crippen LogP contribution in [0.25, 0.3) is 6.08 Å². The molecule has 3 aromatic carbocycles. The van der Waals surface area contributed by atoms with E-state index in [4.69, 9.17) is 9.47 Å². The second-order valence-electron chi connectivity index (χ2n) is 8.21. The molecule has 9 heteroatoms. The van der Waals surface area contributed by atoms with Crippen molar-refractivity contribution in [3.63, 3.8) is 0 Å². The molecular formula is C29H26F2N4O3. The van der Waals surface area contributed by atoms with E-state index in [-0.39, 0.29) is 36.3 Å². The normalized spacial score (nSPS) is 10.9. The van der Waals surface area contributed by atoms with E-state index in [0.717, 1.165) is 17.3 Å². The van der Waals surface area contributed by atoms with Crippen LogP contribution in [0.15, 0.2) is 85.1 Å². The number of ketones is 1. The Hall–Kier alpha value is -4.63. The third-order valence-electron chi connectivity index (χ3n) is 5.33. The van der Waals surface area contributed by atoms with Gasteiger partial charge in [0.1, 0.15) is 6.61 Å². The molecule has 0 radical (unpaired) electrons. The summed E-state index contributed by atoms with van der Waals surface area (Å²) < 4.78 is 38.9. The number of allylic oxidation sites excluding steroid dienone is 1. The van der Waals surface area contributed by atoms with Gasteiger partial charge in [-0.2, -0.15) is 4.98 Å². The van der Waals surface area contributed by atoms with Crippen LogP contribution in [0.3, 0.4) is 0 Å². The maximum absolute atomic E-state index is 14.4. The van der Waals surface area contributed by atoms with Crippen LogP contribution in [0.1, 0.15) is 11.1 Å². The minimum absolute atomic E-state index is 0.0295. The molecule has 4 aromatic rings. The molecule has 0 aliphatic heterocycles. The van der Waals surface area contributed by atoms with Crippen molar-refractivity contribution in [2.24, 2.45) is 0 Å². The summed E-state index contributed by atoms with van der Waals surface area (Å²) in [5, 5.41) is 5.76. The number of methoxy groups -OCH3 is 1. The highest BCUT2D eigenvalue weighted by Crippen LogP contribution is 2.24. The Morgan fingerprint density at radius 3 is 2.42 bits per heavy atom. The van der Waals surface area contributed by atoms with Crippen LogP contribution in [0.4, 0.5) is 31.9 Å². The van der Waals surface area contributed by atoms with Gasteiger partial charge in [0.25, 0.3) is 0 Å². The molecule has 0 aliphatic carbocycles. The summed E-state index contributed by atoms with van der Waals surface area (Å²) in [6.45, 7) is 0.560. The number of ether oxygens (including phenoxy) is 2. The van der Waals surface area contributed by atoms with E-state index in [0.29, 0.717) is 18.0 Å².